The number of amides is 1. The number of nitrogens with zero attached hydrogens (tertiary/aromatic N) is 1. The summed E-state index contributed by atoms with van der Waals surface area (Å²) in [5.74, 6) is 0.546. The van der Waals surface area contributed by atoms with Crippen molar-refractivity contribution in [2.45, 2.75) is 71.2 Å². The third-order valence-corrected chi connectivity index (χ3v) is 5.01. The quantitative estimate of drug-likeness (QED) is 0.726. The Kier molecular flexibility index (Phi) is 5.98. The molecule has 6 nitrogen and oxygen atoms in total. The zero-order valence-corrected chi connectivity index (χ0v) is 17.4. The highest BCUT2D eigenvalue weighted by Crippen LogP contribution is 2.36. The Balaban J connectivity index is 1.77. The van der Waals surface area contributed by atoms with Crippen molar-refractivity contribution in [2.75, 3.05) is 13.2 Å². The number of benzene rings is 1. The Morgan fingerprint density at radius 3 is 2.29 bits per heavy atom. The lowest BCUT2D eigenvalue weighted by atomic mass is 9.80. The largest absolute Gasteiger partial charge is 0.490 e. The lowest BCUT2D eigenvalue weighted by Crippen LogP contribution is -2.60. The number of hydrogen-bond acceptors (Lipinski definition) is 5. The third kappa shape index (κ3) is 4.66. The Labute approximate surface area is 167 Å². The number of carbonyl (C=O) groups excluding carboxylic acids is 2. The van der Waals surface area contributed by atoms with Crippen LogP contribution in [0.15, 0.2) is 24.3 Å². The van der Waals surface area contributed by atoms with Gasteiger partial charge in [-0.1, -0.05) is 12.1 Å². The number of morpholine rings is 1. The first kappa shape index (κ1) is 20.6. The maximum absolute atomic E-state index is 13.3. The molecule has 2 aliphatic heterocycles. The van der Waals surface area contributed by atoms with Gasteiger partial charge in [0.2, 0.25) is 0 Å². The van der Waals surface area contributed by atoms with E-state index >= 15 is 0 Å². The molecule has 1 aromatic rings. The van der Waals surface area contributed by atoms with Crippen LogP contribution in [0.1, 0.15) is 57.8 Å². The molecule has 2 saturated heterocycles. The van der Waals surface area contributed by atoms with Crippen LogP contribution in [0, 0.1) is 5.92 Å². The summed E-state index contributed by atoms with van der Waals surface area (Å²) in [6, 6.07) is 7.12. The number of carbonyl (C=O) groups is 2. The van der Waals surface area contributed by atoms with E-state index in [0.29, 0.717) is 37.4 Å². The highest BCUT2D eigenvalue weighted by Gasteiger charge is 2.45. The van der Waals surface area contributed by atoms with Gasteiger partial charge >= 0.3 is 6.09 Å². The van der Waals surface area contributed by atoms with Gasteiger partial charge in [-0.3, -0.25) is 9.69 Å². The van der Waals surface area contributed by atoms with Gasteiger partial charge in [0.05, 0.1) is 37.0 Å². The number of Topliss-reactive ketones (excluding diaryl/α,β-unsaturated/α-hetero) is 1. The minimum atomic E-state index is -0.550. The van der Waals surface area contributed by atoms with E-state index in [0.717, 1.165) is 0 Å². The molecule has 1 aromatic carbocycles. The molecule has 2 aliphatic rings. The summed E-state index contributed by atoms with van der Waals surface area (Å²) in [6.07, 6.45) is 0.825. The van der Waals surface area contributed by atoms with Crippen LogP contribution in [-0.2, 0) is 9.47 Å². The minimum absolute atomic E-state index is 0.00394. The van der Waals surface area contributed by atoms with Crippen LogP contribution in [0.3, 0.4) is 0 Å². The summed E-state index contributed by atoms with van der Waals surface area (Å²) < 4.78 is 17.1. The minimum Gasteiger partial charge on any atom is -0.490 e. The SMILES string of the molecule is CC(C)Oc1ccccc1C(=O)C1CC2COCC(C1)N2C(=O)OC(C)(C)C. The first-order chi connectivity index (χ1) is 13.2. The van der Waals surface area contributed by atoms with Crippen molar-refractivity contribution in [3.8, 4) is 5.75 Å². The lowest BCUT2D eigenvalue weighted by molar-refractivity contribution is -0.0861. The van der Waals surface area contributed by atoms with Crippen LogP contribution in [0.4, 0.5) is 4.79 Å². The molecule has 2 heterocycles. The van der Waals surface area contributed by atoms with Gasteiger partial charge in [0, 0.05) is 5.92 Å². The number of para-hydroxylation sites is 1. The summed E-state index contributed by atoms with van der Waals surface area (Å²) in [6.45, 7) is 10.3. The average molecular weight is 389 g/mol. The fourth-order valence-corrected chi connectivity index (χ4v) is 3.99. The molecule has 0 spiro atoms. The maximum atomic E-state index is 13.3. The molecular weight excluding hydrogens is 358 g/mol. The van der Waals surface area contributed by atoms with Crippen molar-refractivity contribution in [3.05, 3.63) is 29.8 Å². The van der Waals surface area contributed by atoms with E-state index in [-0.39, 0.29) is 36.0 Å². The van der Waals surface area contributed by atoms with E-state index < -0.39 is 5.60 Å². The normalized spacial score (nSPS) is 24.8. The fourth-order valence-electron chi connectivity index (χ4n) is 3.99. The van der Waals surface area contributed by atoms with Crippen LogP contribution in [0.2, 0.25) is 0 Å². The summed E-state index contributed by atoms with van der Waals surface area (Å²) >= 11 is 0. The predicted molar refractivity (Wildman–Crippen MR) is 106 cm³/mol. The summed E-state index contributed by atoms with van der Waals surface area (Å²) in [7, 11) is 0. The van der Waals surface area contributed by atoms with E-state index in [1.54, 1.807) is 4.90 Å². The van der Waals surface area contributed by atoms with Crippen molar-refractivity contribution in [3.63, 3.8) is 0 Å². The number of ketones is 1. The van der Waals surface area contributed by atoms with Gasteiger partial charge in [-0.15, -0.1) is 0 Å². The topological polar surface area (TPSA) is 65.1 Å². The Morgan fingerprint density at radius 1 is 1.11 bits per heavy atom. The second-order valence-electron chi connectivity index (χ2n) is 8.93. The van der Waals surface area contributed by atoms with E-state index in [1.807, 2.05) is 58.9 Å². The number of fused-ring (bicyclic) bond motifs is 2. The Bertz CT molecular complexity index is 710. The smallest absolute Gasteiger partial charge is 0.410 e. The monoisotopic (exact) mass is 389 g/mol. The van der Waals surface area contributed by atoms with Gasteiger partial charge in [0.15, 0.2) is 5.78 Å². The molecule has 3 rings (SSSR count). The molecule has 2 atom stereocenters. The molecule has 0 aliphatic carbocycles. The Morgan fingerprint density at radius 2 is 1.71 bits per heavy atom. The second kappa shape index (κ2) is 8.11. The Hall–Kier alpha value is -2.08. The molecule has 154 valence electrons. The third-order valence-electron chi connectivity index (χ3n) is 5.01. The van der Waals surface area contributed by atoms with Crippen LogP contribution < -0.4 is 4.74 Å². The molecule has 2 bridgehead atoms. The van der Waals surface area contributed by atoms with Gasteiger partial charge in [-0.2, -0.15) is 0 Å². The molecule has 2 fully saturated rings. The lowest BCUT2D eigenvalue weighted by Gasteiger charge is -2.47. The van der Waals surface area contributed by atoms with E-state index in [1.165, 1.54) is 0 Å². The molecule has 0 aromatic heterocycles. The zero-order chi connectivity index (χ0) is 20.5. The second-order valence-corrected chi connectivity index (χ2v) is 8.93. The molecule has 0 radical (unpaired) electrons. The molecule has 2 unspecified atom stereocenters. The fraction of sp³-hybridized carbons (Fsp3) is 0.636. The van der Waals surface area contributed by atoms with Gasteiger partial charge in [0.1, 0.15) is 11.4 Å². The average Bonchev–Trinajstić information content (AvgIpc) is 2.58. The molecular formula is C22H31NO5. The number of ether oxygens (including phenoxy) is 3. The standard InChI is InChI=1S/C22H31NO5/c1-14(2)27-19-9-7-6-8-18(19)20(24)15-10-16-12-26-13-17(11-15)23(16)21(25)28-22(3,4)5/h6-9,14-17H,10-13H2,1-5H3. The van der Waals surface area contributed by atoms with Crippen molar-refractivity contribution in [2.24, 2.45) is 5.92 Å². The predicted octanol–water partition coefficient (Wildman–Crippen LogP) is 4.07. The highest BCUT2D eigenvalue weighted by atomic mass is 16.6. The van der Waals surface area contributed by atoms with Crippen molar-refractivity contribution >= 4 is 11.9 Å². The van der Waals surface area contributed by atoms with E-state index in [4.69, 9.17) is 14.2 Å². The van der Waals surface area contributed by atoms with Crippen LogP contribution >= 0.6 is 0 Å². The maximum Gasteiger partial charge on any atom is 0.410 e. The van der Waals surface area contributed by atoms with E-state index in [2.05, 4.69) is 0 Å². The zero-order valence-electron chi connectivity index (χ0n) is 17.4. The molecule has 28 heavy (non-hydrogen) atoms. The van der Waals surface area contributed by atoms with Crippen LogP contribution in [0.5, 0.6) is 5.75 Å². The van der Waals surface area contributed by atoms with E-state index in [9.17, 15) is 9.59 Å². The van der Waals surface area contributed by atoms with Crippen molar-refractivity contribution in [1.29, 1.82) is 0 Å². The molecule has 1 amide bonds. The van der Waals surface area contributed by atoms with Crippen molar-refractivity contribution in [1.82, 2.24) is 4.90 Å². The van der Waals surface area contributed by atoms with Gasteiger partial charge in [-0.05, 0) is 59.6 Å². The number of hydrogen-bond donors (Lipinski definition) is 0. The van der Waals surface area contributed by atoms with Crippen LogP contribution in [0.25, 0.3) is 0 Å². The summed E-state index contributed by atoms with van der Waals surface area (Å²) in [4.78, 5) is 27.8. The summed E-state index contributed by atoms with van der Waals surface area (Å²) in [5, 5.41) is 0. The first-order valence-corrected chi connectivity index (χ1v) is 10.0. The first-order valence-electron chi connectivity index (χ1n) is 10.0. The number of piperidine rings is 1. The molecule has 6 heteroatoms. The summed E-state index contributed by atoms with van der Waals surface area (Å²) in [5.41, 5.74) is 0.0670. The van der Waals surface area contributed by atoms with Crippen molar-refractivity contribution < 1.29 is 23.8 Å². The number of rotatable bonds is 4. The van der Waals surface area contributed by atoms with Gasteiger partial charge in [-0.25, -0.2) is 4.79 Å². The highest BCUT2D eigenvalue weighted by molar-refractivity contribution is 6.00. The molecule has 0 saturated carbocycles. The van der Waals surface area contributed by atoms with Gasteiger partial charge in [0.25, 0.3) is 0 Å². The van der Waals surface area contributed by atoms with Crippen LogP contribution in [-0.4, -0.2) is 53.8 Å². The van der Waals surface area contributed by atoms with Gasteiger partial charge < -0.3 is 14.2 Å². The molecule has 0 N–H and O–H groups in total.